The highest BCUT2D eigenvalue weighted by Gasteiger charge is 2.43. The van der Waals surface area contributed by atoms with Gasteiger partial charge in [0, 0.05) is 65.7 Å². The van der Waals surface area contributed by atoms with Gasteiger partial charge < -0.3 is 50.9 Å². The monoisotopic (exact) mass is 666 g/mol. The van der Waals surface area contributed by atoms with Crippen LogP contribution in [0.5, 0.6) is 0 Å². The summed E-state index contributed by atoms with van der Waals surface area (Å²) in [7, 11) is 8.96. The fourth-order valence-corrected chi connectivity index (χ4v) is 5.10. The lowest BCUT2D eigenvalue weighted by atomic mass is 10.0. The molecule has 17 nitrogen and oxygen atoms in total. The third-order valence-electron chi connectivity index (χ3n) is 8.07. The Hall–Kier alpha value is -5.03. The van der Waals surface area contributed by atoms with Crippen molar-refractivity contribution in [3.05, 3.63) is 42.0 Å². The molecule has 7 N–H and O–H groups in total. The molecule has 1 aliphatic carbocycles. The Kier molecular flexibility index (Phi) is 11.7. The summed E-state index contributed by atoms with van der Waals surface area (Å²) in [4.78, 5) is 73.7. The lowest BCUT2D eigenvalue weighted by Crippen LogP contribution is -2.29. The van der Waals surface area contributed by atoms with E-state index in [1.807, 2.05) is 14.1 Å². The fourth-order valence-electron chi connectivity index (χ4n) is 5.10. The lowest BCUT2D eigenvalue weighted by molar-refractivity contribution is -0.117. The predicted octanol–water partition coefficient (Wildman–Crippen LogP) is 0.642. The molecule has 0 spiro atoms. The van der Waals surface area contributed by atoms with Crippen LogP contribution in [0.4, 0.5) is 17.3 Å². The minimum atomic E-state index is -0.500. The van der Waals surface area contributed by atoms with E-state index in [2.05, 4.69) is 41.5 Å². The molecule has 17 heteroatoms. The molecule has 48 heavy (non-hydrogen) atoms. The number of nitrogens with zero attached hydrogens (tertiary/aromatic N) is 6. The molecule has 0 saturated heterocycles. The van der Waals surface area contributed by atoms with Crippen LogP contribution in [-0.4, -0.2) is 98.4 Å². The maximum atomic E-state index is 13.0. The van der Waals surface area contributed by atoms with Crippen LogP contribution in [0.2, 0.25) is 0 Å². The highest BCUT2D eigenvalue weighted by Crippen LogP contribution is 2.47. The first kappa shape index (κ1) is 35.8. The lowest BCUT2D eigenvalue weighted by Gasteiger charge is -2.10. The fraction of sp³-hybridized carbons (Fsp3) is 0.516. The van der Waals surface area contributed by atoms with Gasteiger partial charge in [-0.15, -0.1) is 0 Å². The number of hydrogen-bond acceptors (Lipinski definition) is 9. The van der Waals surface area contributed by atoms with E-state index in [9.17, 15) is 24.0 Å². The zero-order chi connectivity index (χ0) is 35.0. The molecular weight excluding hydrogens is 620 g/mol. The summed E-state index contributed by atoms with van der Waals surface area (Å²) in [5.41, 5.74) is 6.28. The van der Waals surface area contributed by atoms with Gasteiger partial charge in [-0.1, -0.05) is 0 Å². The van der Waals surface area contributed by atoms with Crippen LogP contribution < -0.4 is 32.3 Å². The van der Waals surface area contributed by atoms with Gasteiger partial charge in [-0.3, -0.25) is 24.0 Å². The van der Waals surface area contributed by atoms with Gasteiger partial charge in [0.25, 0.3) is 17.7 Å². The summed E-state index contributed by atoms with van der Waals surface area (Å²) < 4.78 is 4.58. The van der Waals surface area contributed by atoms with Crippen molar-refractivity contribution >= 4 is 46.9 Å². The van der Waals surface area contributed by atoms with Crippen LogP contribution in [0.3, 0.4) is 0 Å². The van der Waals surface area contributed by atoms with E-state index in [0.717, 1.165) is 32.2 Å². The Morgan fingerprint density at radius 3 is 1.98 bits per heavy atom. The molecule has 0 bridgehead atoms. The van der Waals surface area contributed by atoms with Crippen molar-refractivity contribution in [2.75, 3.05) is 56.2 Å². The van der Waals surface area contributed by atoms with Crippen molar-refractivity contribution in [1.29, 1.82) is 0 Å². The summed E-state index contributed by atoms with van der Waals surface area (Å²) in [5, 5.41) is 13.6. The number of carbonyl (C=O) groups excluding carboxylic acids is 5. The first-order chi connectivity index (χ1) is 22.8. The molecule has 0 aromatic carbocycles. The van der Waals surface area contributed by atoms with Gasteiger partial charge in [0.15, 0.2) is 11.6 Å². The summed E-state index contributed by atoms with van der Waals surface area (Å²) in [6, 6.07) is 1.51. The second-order valence-corrected chi connectivity index (χ2v) is 12.5. The van der Waals surface area contributed by atoms with E-state index in [1.165, 1.54) is 15.2 Å². The normalized spacial score (nSPS) is 13.2. The molecule has 3 heterocycles. The third kappa shape index (κ3) is 9.74. The van der Waals surface area contributed by atoms with Gasteiger partial charge in [0.05, 0.1) is 5.69 Å². The van der Waals surface area contributed by atoms with E-state index in [1.54, 1.807) is 44.3 Å². The maximum Gasteiger partial charge on any atom is 0.287 e. The van der Waals surface area contributed by atoms with Crippen molar-refractivity contribution in [2.24, 2.45) is 32.3 Å². The standard InChI is InChI=1S/C31H46N12O5/c1-40(2)13-7-6-11-33-29(47)26-38-23(18-43(26)5)39-28(46)21-14-20(16-41(21)3)35-24(44)8-12-34-30(48)27-37-22(17-42(27)4)36-25(45)15-31(19-32)9-10-31/h14,16-18H,6-13,15,19,32H2,1-5H3,(H,33,47)(H,34,48)(H,35,44)(H,36,45)(H,39,46). The number of imidazole rings is 2. The van der Waals surface area contributed by atoms with E-state index in [-0.39, 0.29) is 65.1 Å². The second-order valence-electron chi connectivity index (χ2n) is 12.5. The van der Waals surface area contributed by atoms with Crippen LogP contribution >= 0.6 is 0 Å². The molecule has 0 aliphatic heterocycles. The van der Waals surface area contributed by atoms with Gasteiger partial charge in [-0.2, -0.15) is 0 Å². The summed E-state index contributed by atoms with van der Waals surface area (Å²) >= 11 is 0. The van der Waals surface area contributed by atoms with Crippen molar-refractivity contribution < 1.29 is 24.0 Å². The topological polar surface area (TPSA) is 215 Å². The minimum Gasteiger partial charge on any atom is -0.349 e. The highest BCUT2D eigenvalue weighted by atomic mass is 16.2. The quantitative estimate of drug-likeness (QED) is 0.111. The van der Waals surface area contributed by atoms with E-state index in [4.69, 9.17) is 5.73 Å². The Bertz CT molecular complexity index is 1650. The van der Waals surface area contributed by atoms with Gasteiger partial charge in [0.2, 0.25) is 23.5 Å². The van der Waals surface area contributed by atoms with Crippen molar-refractivity contribution in [2.45, 2.75) is 38.5 Å². The van der Waals surface area contributed by atoms with Gasteiger partial charge in [-0.05, 0) is 64.3 Å². The molecule has 1 saturated carbocycles. The van der Waals surface area contributed by atoms with Crippen LogP contribution in [0.15, 0.2) is 24.7 Å². The zero-order valence-corrected chi connectivity index (χ0v) is 28.2. The van der Waals surface area contributed by atoms with Crippen molar-refractivity contribution in [3.63, 3.8) is 0 Å². The number of aryl methyl sites for hydroxylation is 3. The van der Waals surface area contributed by atoms with Gasteiger partial charge in [0.1, 0.15) is 5.69 Å². The van der Waals surface area contributed by atoms with Crippen LogP contribution in [-0.2, 0) is 30.7 Å². The Balaban J connectivity index is 1.21. The van der Waals surface area contributed by atoms with Crippen LogP contribution in [0.1, 0.15) is 70.3 Å². The summed E-state index contributed by atoms with van der Waals surface area (Å²) in [5.74, 6) is -1.16. The molecule has 3 aromatic rings. The van der Waals surface area contributed by atoms with Crippen molar-refractivity contribution in [3.8, 4) is 0 Å². The number of rotatable bonds is 17. The number of aromatic nitrogens is 5. The third-order valence-corrected chi connectivity index (χ3v) is 8.07. The van der Waals surface area contributed by atoms with E-state index < -0.39 is 11.8 Å². The second kappa shape index (κ2) is 15.7. The van der Waals surface area contributed by atoms with E-state index in [0.29, 0.717) is 25.2 Å². The number of anilines is 3. The van der Waals surface area contributed by atoms with Gasteiger partial charge in [-0.25, -0.2) is 9.97 Å². The highest BCUT2D eigenvalue weighted by molar-refractivity contribution is 6.04. The SMILES string of the molecule is CN(C)CCCCNC(=O)c1nc(NC(=O)c2cc(NC(=O)CCNC(=O)c3nc(NC(=O)CC4(CN)CC4)cn3C)cn2C)cn1C. The number of nitrogens with one attached hydrogen (secondary N) is 5. The van der Waals surface area contributed by atoms with Crippen LogP contribution in [0, 0.1) is 5.41 Å². The molecule has 0 radical (unpaired) electrons. The Labute approximate surface area is 279 Å². The smallest absolute Gasteiger partial charge is 0.287 e. The predicted molar refractivity (Wildman–Crippen MR) is 179 cm³/mol. The van der Waals surface area contributed by atoms with Gasteiger partial charge >= 0.3 is 0 Å². The maximum absolute atomic E-state index is 13.0. The summed E-state index contributed by atoms with van der Waals surface area (Å²) in [6.45, 7) is 1.95. The molecule has 1 aliphatic rings. The molecule has 5 amide bonds. The zero-order valence-electron chi connectivity index (χ0n) is 28.2. The first-order valence-corrected chi connectivity index (χ1v) is 15.8. The molecular formula is C31H46N12O5. The molecule has 4 rings (SSSR count). The number of nitrogens with two attached hydrogens (primary N) is 1. The molecule has 0 unspecified atom stereocenters. The largest absolute Gasteiger partial charge is 0.349 e. The molecule has 260 valence electrons. The van der Waals surface area contributed by atoms with Crippen LogP contribution in [0.25, 0.3) is 0 Å². The number of hydrogen-bond donors (Lipinski definition) is 6. The number of unbranched alkanes of at least 4 members (excludes halogenated alkanes) is 1. The minimum absolute atomic E-state index is 0.0318. The Morgan fingerprint density at radius 1 is 0.792 bits per heavy atom. The molecule has 0 atom stereocenters. The average Bonchev–Trinajstić information content (AvgIpc) is 3.31. The average molecular weight is 667 g/mol. The van der Waals surface area contributed by atoms with E-state index >= 15 is 0 Å². The van der Waals surface area contributed by atoms with Crippen molar-refractivity contribution in [1.82, 2.24) is 39.2 Å². The number of amides is 5. The summed E-state index contributed by atoms with van der Waals surface area (Å²) in [6.07, 6.45) is 8.60. The molecule has 3 aromatic heterocycles. The molecule has 1 fully saturated rings. The Morgan fingerprint density at radius 2 is 1.40 bits per heavy atom. The first-order valence-electron chi connectivity index (χ1n) is 15.8. The number of carbonyl (C=O) groups is 5.